The molecule has 4 heteroatoms. The van der Waals surface area contributed by atoms with Crippen LogP contribution >= 0.6 is 0 Å². The molecular formula is C25H20O4. The molecule has 4 aromatic carbocycles. The van der Waals surface area contributed by atoms with E-state index in [0.29, 0.717) is 5.75 Å². The Labute approximate surface area is 168 Å². The monoisotopic (exact) mass is 384 g/mol. The fourth-order valence-corrected chi connectivity index (χ4v) is 3.42. The van der Waals surface area contributed by atoms with Gasteiger partial charge in [0.05, 0.1) is 6.61 Å². The first-order chi connectivity index (χ1) is 14.2. The fraction of sp³-hybridized carbons (Fsp3) is 0.0800. The van der Waals surface area contributed by atoms with Crippen LogP contribution in [0.25, 0.3) is 21.9 Å². The van der Waals surface area contributed by atoms with E-state index in [0.717, 1.165) is 33.0 Å². The molecule has 0 aliphatic carbocycles. The van der Waals surface area contributed by atoms with Crippen molar-refractivity contribution in [3.05, 3.63) is 102 Å². The molecule has 29 heavy (non-hydrogen) atoms. The second-order valence-electron chi connectivity index (χ2n) is 6.80. The van der Waals surface area contributed by atoms with E-state index in [4.69, 9.17) is 4.74 Å². The molecule has 144 valence electrons. The number of benzene rings is 4. The Bertz CT molecular complexity index is 1180. The molecule has 0 aromatic heterocycles. The molecule has 0 unspecified atom stereocenters. The van der Waals surface area contributed by atoms with Crippen LogP contribution in [0.15, 0.2) is 84.9 Å². The van der Waals surface area contributed by atoms with Crippen molar-refractivity contribution in [2.24, 2.45) is 0 Å². The van der Waals surface area contributed by atoms with Crippen molar-refractivity contribution >= 4 is 16.7 Å². The van der Waals surface area contributed by atoms with E-state index in [1.165, 1.54) is 0 Å². The molecule has 0 heterocycles. The van der Waals surface area contributed by atoms with Gasteiger partial charge in [0.25, 0.3) is 0 Å². The maximum atomic E-state index is 11.7. The van der Waals surface area contributed by atoms with Crippen molar-refractivity contribution in [3.8, 4) is 16.9 Å². The normalized spacial score (nSPS) is 10.8. The number of carboxylic acids is 1. The molecule has 0 fully saturated rings. The minimum absolute atomic E-state index is 0.0501. The summed E-state index contributed by atoms with van der Waals surface area (Å²) >= 11 is 0. The maximum absolute atomic E-state index is 11.7. The molecule has 0 atom stereocenters. The lowest BCUT2D eigenvalue weighted by molar-refractivity contribution is 0.0692. The average Bonchev–Trinajstić information content (AvgIpc) is 2.77. The van der Waals surface area contributed by atoms with Gasteiger partial charge in [-0.05, 0) is 51.2 Å². The van der Waals surface area contributed by atoms with Crippen molar-refractivity contribution in [1.82, 2.24) is 0 Å². The second-order valence-corrected chi connectivity index (χ2v) is 6.80. The minimum atomic E-state index is -1.03. The number of fused-ring (bicyclic) bond motifs is 1. The number of aliphatic hydroxyl groups excluding tert-OH is 1. The number of hydrogen-bond acceptors (Lipinski definition) is 3. The molecule has 0 aliphatic heterocycles. The lowest BCUT2D eigenvalue weighted by atomic mass is 10.0. The van der Waals surface area contributed by atoms with Gasteiger partial charge in [0.15, 0.2) is 0 Å². The number of rotatable bonds is 6. The van der Waals surface area contributed by atoms with Crippen LogP contribution in [0, 0.1) is 0 Å². The van der Waals surface area contributed by atoms with Crippen molar-refractivity contribution < 1.29 is 19.7 Å². The highest BCUT2D eigenvalue weighted by molar-refractivity contribution is 5.92. The molecule has 0 saturated carbocycles. The van der Waals surface area contributed by atoms with Crippen LogP contribution in [-0.2, 0) is 13.2 Å². The number of carboxylic acid groups (broad SMARTS) is 1. The van der Waals surface area contributed by atoms with E-state index < -0.39 is 5.97 Å². The van der Waals surface area contributed by atoms with E-state index >= 15 is 0 Å². The Kier molecular flexibility index (Phi) is 5.27. The summed E-state index contributed by atoms with van der Waals surface area (Å²) in [7, 11) is 0. The van der Waals surface area contributed by atoms with Gasteiger partial charge >= 0.3 is 5.97 Å². The molecule has 0 radical (unpaired) electrons. The van der Waals surface area contributed by atoms with E-state index in [1.54, 1.807) is 18.2 Å². The summed E-state index contributed by atoms with van der Waals surface area (Å²) in [6.07, 6.45) is 0. The predicted molar refractivity (Wildman–Crippen MR) is 113 cm³/mol. The van der Waals surface area contributed by atoms with Crippen molar-refractivity contribution in [3.63, 3.8) is 0 Å². The smallest absolute Gasteiger partial charge is 0.339 e. The maximum Gasteiger partial charge on any atom is 0.339 e. The first-order valence-corrected chi connectivity index (χ1v) is 9.32. The Balaban J connectivity index is 1.68. The van der Waals surface area contributed by atoms with Crippen molar-refractivity contribution in [2.75, 3.05) is 0 Å². The quantitative estimate of drug-likeness (QED) is 0.475. The van der Waals surface area contributed by atoms with Gasteiger partial charge in [-0.25, -0.2) is 4.79 Å². The molecule has 0 amide bonds. The van der Waals surface area contributed by atoms with Crippen LogP contribution < -0.4 is 4.74 Å². The van der Waals surface area contributed by atoms with Crippen molar-refractivity contribution in [2.45, 2.75) is 13.2 Å². The van der Waals surface area contributed by atoms with Crippen LogP contribution in [0.2, 0.25) is 0 Å². The number of aromatic carboxylic acids is 1. The van der Waals surface area contributed by atoms with Gasteiger partial charge in [-0.2, -0.15) is 0 Å². The Morgan fingerprint density at radius 1 is 0.828 bits per heavy atom. The van der Waals surface area contributed by atoms with Crippen molar-refractivity contribution in [1.29, 1.82) is 0 Å². The Hall–Kier alpha value is -3.63. The van der Waals surface area contributed by atoms with E-state index in [1.807, 2.05) is 66.7 Å². The number of ether oxygens (including phenoxy) is 1. The van der Waals surface area contributed by atoms with Crippen LogP contribution in [0.1, 0.15) is 21.5 Å². The summed E-state index contributed by atoms with van der Waals surface area (Å²) < 4.78 is 5.98. The van der Waals surface area contributed by atoms with Gasteiger partial charge in [-0.15, -0.1) is 0 Å². The van der Waals surface area contributed by atoms with Gasteiger partial charge < -0.3 is 14.9 Å². The second kappa shape index (κ2) is 8.17. The van der Waals surface area contributed by atoms with Gasteiger partial charge in [-0.3, -0.25) is 0 Å². The third kappa shape index (κ3) is 3.98. The van der Waals surface area contributed by atoms with E-state index in [-0.39, 0.29) is 18.8 Å². The number of aliphatic hydroxyl groups is 1. The zero-order valence-electron chi connectivity index (χ0n) is 15.7. The molecular weight excluding hydrogens is 364 g/mol. The van der Waals surface area contributed by atoms with Crippen LogP contribution in [0.5, 0.6) is 5.75 Å². The van der Waals surface area contributed by atoms with Gasteiger partial charge in [0.2, 0.25) is 0 Å². The largest absolute Gasteiger partial charge is 0.488 e. The summed E-state index contributed by atoms with van der Waals surface area (Å²) in [6.45, 7) is 0.216. The molecule has 4 nitrogen and oxygen atoms in total. The number of hydrogen-bond donors (Lipinski definition) is 2. The molecule has 0 spiro atoms. The van der Waals surface area contributed by atoms with Gasteiger partial charge in [-0.1, -0.05) is 66.7 Å². The molecule has 0 aliphatic rings. The summed E-state index contributed by atoms with van der Waals surface area (Å²) in [6, 6.07) is 26.6. The first-order valence-electron chi connectivity index (χ1n) is 9.32. The average molecular weight is 384 g/mol. The lowest BCUT2D eigenvalue weighted by Crippen LogP contribution is -2.04. The zero-order valence-corrected chi connectivity index (χ0v) is 15.7. The lowest BCUT2D eigenvalue weighted by Gasteiger charge is -2.13. The summed E-state index contributed by atoms with van der Waals surface area (Å²) in [5.41, 5.74) is 3.63. The highest BCUT2D eigenvalue weighted by Crippen LogP contribution is 2.29. The standard InChI is InChI=1S/C25H20O4/c26-15-17-5-3-8-19(13-17)20-11-12-23(25(27)28)24(14-20)29-16-21-9-4-7-18-6-1-2-10-22(18)21/h1-14,26H,15-16H2,(H,27,28). The molecule has 4 aromatic rings. The topological polar surface area (TPSA) is 66.8 Å². The number of carbonyl (C=O) groups is 1. The SMILES string of the molecule is O=C(O)c1ccc(-c2cccc(CO)c2)cc1OCc1cccc2ccccc12. The third-order valence-corrected chi connectivity index (χ3v) is 4.92. The summed E-state index contributed by atoms with van der Waals surface area (Å²) in [4.78, 5) is 11.7. The summed E-state index contributed by atoms with van der Waals surface area (Å²) in [5, 5.41) is 21.1. The predicted octanol–water partition coefficient (Wildman–Crippen LogP) is 5.28. The van der Waals surface area contributed by atoms with E-state index in [9.17, 15) is 15.0 Å². The van der Waals surface area contributed by atoms with Crippen LogP contribution in [0.3, 0.4) is 0 Å². The zero-order chi connectivity index (χ0) is 20.2. The van der Waals surface area contributed by atoms with Crippen LogP contribution in [0.4, 0.5) is 0 Å². The highest BCUT2D eigenvalue weighted by atomic mass is 16.5. The van der Waals surface area contributed by atoms with Gasteiger partial charge in [0, 0.05) is 0 Å². The Morgan fingerprint density at radius 3 is 2.41 bits per heavy atom. The third-order valence-electron chi connectivity index (χ3n) is 4.92. The minimum Gasteiger partial charge on any atom is -0.488 e. The Morgan fingerprint density at radius 2 is 1.59 bits per heavy atom. The molecule has 2 N–H and O–H groups in total. The molecule has 0 bridgehead atoms. The fourth-order valence-electron chi connectivity index (χ4n) is 3.42. The molecule has 4 rings (SSSR count). The van der Waals surface area contributed by atoms with Crippen LogP contribution in [-0.4, -0.2) is 16.2 Å². The molecule has 0 saturated heterocycles. The van der Waals surface area contributed by atoms with E-state index in [2.05, 4.69) is 0 Å². The highest BCUT2D eigenvalue weighted by Gasteiger charge is 2.14. The first kappa shape index (κ1) is 18.7. The van der Waals surface area contributed by atoms with Gasteiger partial charge in [0.1, 0.15) is 17.9 Å². The summed E-state index contributed by atoms with van der Waals surface area (Å²) in [5.74, 6) is -0.717.